The number of alkyl halides is 3. The lowest BCUT2D eigenvalue weighted by Gasteiger charge is -2.41. The van der Waals surface area contributed by atoms with Gasteiger partial charge in [0.1, 0.15) is 0 Å². The lowest BCUT2D eigenvalue weighted by Crippen LogP contribution is -2.54. The predicted octanol–water partition coefficient (Wildman–Crippen LogP) is 3.71. The van der Waals surface area contributed by atoms with E-state index >= 15 is 0 Å². The maximum absolute atomic E-state index is 14.2. The molecule has 3 heterocycles. The Balaban J connectivity index is 1.17. The van der Waals surface area contributed by atoms with Crippen LogP contribution in [-0.4, -0.2) is 74.5 Å². The number of hydrogen-bond acceptors (Lipinski definition) is 6. The molecule has 1 aromatic carbocycles. The van der Waals surface area contributed by atoms with E-state index < -0.39 is 11.7 Å². The van der Waals surface area contributed by atoms with Gasteiger partial charge in [0.15, 0.2) is 0 Å². The number of nitrogens with one attached hydrogen (secondary N) is 1. The topological polar surface area (TPSA) is 77.8 Å². The quantitative estimate of drug-likeness (QED) is 0.623. The average Bonchev–Trinajstić information content (AvgIpc) is 3.67. The zero-order chi connectivity index (χ0) is 26.7. The standard InChI is InChI=1S/C28H35F3N4O3/c1-37-25-16-38-8-6-23(25)33-19-10-18-3-2-7-27(18,12-19)26(36)35-15-20-11-21(35)14-34(20)24-9-17(13-32)4-5-22(24)28(29,30)31/h4-5,9,18-21,23,25,33H,2-3,6-8,10-12,14-16H2,1H3/t18-,19-,20-,21+,23+,25-,27-/m1/s1. The molecule has 6 rings (SSSR count). The summed E-state index contributed by atoms with van der Waals surface area (Å²) in [6.45, 7) is 2.09. The van der Waals surface area contributed by atoms with Crippen LogP contribution in [0.4, 0.5) is 18.9 Å². The number of carbonyl (C=O) groups is 1. The number of amides is 1. The van der Waals surface area contributed by atoms with Crippen LogP contribution < -0.4 is 10.2 Å². The molecule has 2 aliphatic carbocycles. The summed E-state index contributed by atoms with van der Waals surface area (Å²) in [4.78, 5) is 17.9. The minimum atomic E-state index is -4.51. The smallest absolute Gasteiger partial charge is 0.379 e. The Morgan fingerprint density at radius 1 is 1.24 bits per heavy atom. The van der Waals surface area contributed by atoms with Gasteiger partial charge >= 0.3 is 6.18 Å². The van der Waals surface area contributed by atoms with Gasteiger partial charge in [0.2, 0.25) is 5.91 Å². The fraction of sp³-hybridized carbons (Fsp3) is 0.714. The highest BCUT2D eigenvalue weighted by Crippen LogP contribution is 2.56. The summed E-state index contributed by atoms with van der Waals surface area (Å²) in [7, 11) is 1.71. The summed E-state index contributed by atoms with van der Waals surface area (Å²) in [5, 5.41) is 13.1. The van der Waals surface area contributed by atoms with Crippen molar-refractivity contribution in [1.29, 1.82) is 5.26 Å². The van der Waals surface area contributed by atoms with Crippen molar-refractivity contribution in [2.75, 3.05) is 38.3 Å². The predicted molar refractivity (Wildman–Crippen MR) is 133 cm³/mol. The number of benzene rings is 1. The van der Waals surface area contributed by atoms with Crippen molar-refractivity contribution in [2.45, 2.75) is 81.4 Å². The molecule has 1 aromatic rings. The van der Waals surface area contributed by atoms with Gasteiger partial charge < -0.3 is 24.6 Å². The summed E-state index contributed by atoms with van der Waals surface area (Å²) in [6.07, 6.45) is 1.83. The highest BCUT2D eigenvalue weighted by atomic mass is 19.4. The van der Waals surface area contributed by atoms with E-state index in [9.17, 15) is 23.2 Å². The lowest BCUT2D eigenvalue weighted by molar-refractivity contribution is -0.145. The van der Waals surface area contributed by atoms with Crippen LogP contribution in [-0.2, 0) is 20.4 Å². The number of carbonyl (C=O) groups excluding carboxylic acids is 1. The molecular formula is C28H35F3N4O3. The molecule has 2 bridgehead atoms. The van der Waals surface area contributed by atoms with Crippen LogP contribution in [0.15, 0.2) is 18.2 Å². The summed E-state index contributed by atoms with van der Waals surface area (Å²) >= 11 is 0. The Morgan fingerprint density at radius 2 is 2.08 bits per heavy atom. The molecule has 7 nitrogen and oxygen atoms in total. The number of ether oxygens (including phenoxy) is 2. The molecule has 3 saturated heterocycles. The molecule has 0 unspecified atom stereocenters. The maximum atomic E-state index is 14.2. The van der Waals surface area contributed by atoms with Crippen LogP contribution in [0, 0.1) is 22.7 Å². The summed E-state index contributed by atoms with van der Waals surface area (Å²) in [5.41, 5.74) is -0.828. The van der Waals surface area contributed by atoms with Crippen molar-refractivity contribution >= 4 is 11.6 Å². The molecule has 1 amide bonds. The van der Waals surface area contributed by atoms with Crippen LogP contribution in [0.25, 0.3) is 0 Å². The van der Waals surface area contributed by atoms with Gasteiger partial charge in [-0.2, -0.15) is 18.4 Å². The highest BCUT2D eigenvalue weighted by Gasteiger charge is 2.59. The van der Waals surface area contributed by atoms with E-state index in [1.165, 1.54) is 12.1 Å². The van der Waals surface area contributed by atoms with Gasteiger partial charge in [-0.1, -0.05) is 6.42 Å². The van der Waals surface area contributed by atoms with Crippen molar-refractivity contribution in [3.05, 3.63) is 29.3 Å². The lowest BCUT2D eigenvalue weighted by atomic mass is 9.78. The Labute approximate surface area is 221 Å². The molecule has 206 valence electrons. The molecule has 5 aliphatic rings. The molecular weight excluding hydrogens is 497 g/mol. The van der Waals surface area contributed by atoms with Gasteiger partial charge in [-0.3, -0.25) is 4.79 Å². The largest absolute Gasteiger partial charge is 0.418 e. The third-order valence-electron chi connectivity index (χ3n) is 9.86. The van der Waals surface area contributed by atoms with E-state index in [0.29, 0.717) is 38.6 Å². The van der Waals surface area contributed by atoms with E-state index in [1.54, 1.807) is 12.0 Å². The first kappa shape index (κ1) is 25.9. The first-order chi connectivity index (χ1) is 18.2. The highest BCUT2D eigenvalue weighted by molar-refractivity contribution is 5.85. The molecule has 3 aliphatic heterocycles. The fourth-order valence-electron chi connectivity index (χ4n) is 8.13. The zero-order valence-corrected chi connectivity index (χ0v) is 21.7. The molecule has 38 heavy (non-hydrogen) atoms. The second-order valence-electron chi connectivity index (χ2n) is 11.8. The van der Waals surface area contributed by atoms with Gasteiger partial charge in [0, 0.05) is 44.9 Å². The van der Waals surface area contributed by atoms with Gasteiger partial charge in [-0.05, 0) is 62.6 Å². The maximum Gasteiger partial charge on any atom is 0.418 e. The van der Waals surface area contributed by atoms with Gasteiger partial charge in [0.05, 0.1) is 47.1 Å². The Hall–Kier alpha value is -2.35. The number of rotatable bonds is 5. The number of halogens is 3. The molecule has 1 N–H and O–H groups in total. The Bertz CT molecular complexity index is 1120. The number of methoxy groups -OCH3 is 1. The molecule has 5 fully saturated rings. The summed E-state index contributed by atoms with van der Waals surface area (Å²) < 4.78 is 52.6. The third-order valence-corrected chi connectivity index (χ3v) is 9.86. The van der Waals surface area contributed by atoms with Crippen LogP contribution >= 0.6 is 0 Å². The van der Waals surface area contributed by atoms with Crippen molar-refractivity contribution in [3.8, 4) is 6.07 Å². The number of anilines is 1. The monoisotopic (exact) mass is 532 g/mol. The van der Waals surface area contributed by atoms with Gasteiger partial charge in [-0.15, -0.1) is 0 Å². The van der Waals surface area contributed by atoms with E-state index in [1.807, 2.05) is 11.0 Å². The Morgan fingerprint density at radius 3 is 2.79 bits per heavy atom. The number of hydrogen-bond donors (Lipinski definition) is 1. The van der Waals surface area contributed by atoms with Crippen LogP contribution in [0.1, 0.15) is 56.1 Å². The van der Waals surface area contributed by atoms with Crippen molar-refractivity contribution in [1.82, 2.24) is 10.2 Å². The number of nitrogens with zero attached hydrogens (tertiary/aromatic N) is 3. The first-order valence-electron chi connectivity index (χ1n) is 13.8. The van der Waals surface area contributed by atoms with Crippen LogP contribution in [0.5, 0.6) is 0 Å². The number of piperazine rings is 1. The minimum absolute atomic E-state index is 0.0114. The van der Waals surface area contributed by atoms with Gasteiger partial charge in [0.25, 0.3) is 0 Å². The third kappa shape index (κ3) is 4.27. The SMILES string of the molecule is CO[C@@H]1COCC[C@@H]1N[C@@H]1C[C@H]2CCC[C@@]2(C(=O)N2C[C@H]3C[C@H]2CN3c2cc(C#N)ccc2C(F)(F)F)C1. The average molecular weight is 533 g/mol. The second kappa shape index (κ2) is 9.68. The zero-order valence-electron chi connectivity index (χ0n) is 21.7. The second-order valence-corrected chi connectivity index (χ2v) is 11.8. The Kier molecular flexibility index (Phi) is 6.60. The summed E-state index contributed by atoms with van der Waals surface area (Å²) in [6, 6.07) is 5.73. The van der Waals surface area contributed by atoms with Crippen LogP contribution in [0.2, 0.25) is 0 Å². The normalized spacial score (nSPS) is 36.5. The summed E-state index contributed by atoms with van der Waals surface area (Å²) in [5.74, 6) is 0.543. The molecule has 0 radical (unpaired) electrons. The van der Waals surface area contributed by atoms with E-state index in [0.717, 1.165) is 44.6 Å². The number of fused-ring (bicyclic) bond motifs is 3. The van der Waals surface area contributed by atoms with Crippen molar-refractivity contribution < 1.29 is 27.4 Å². The van der Waals surface area contributed by atoms with Crippen molar-refractivity contribution in [3.63, 3.8) is 0 Å². The number of likely N-dealkylation sites (tertiary alicyclic amines) is 1. The number of nitriles is 1. The first-order valence-corrected chi connectivity index (χ1v) is 13.8. The molecule has 10 heteroatoms. The minimum Gasteiger partial charge on any atom is -0.379 e. The molecule has 0 aromatic heterocycles. The van der Waals surface area contributed by atoms with E-state index in [-0.39, 0.29) is 52.8 Å². The van der Waals surface area contributed by atoms with E-state index in [4.69, 9.17) is 9.47 Å². The molecule has 2 saturated carbocycles. The van der Waals surface area contributed by atoms with Crippen LogP contribution in [0.3, 0.4) is 0 Å². The van der Waals surface area contributed by atoms with Gasteiger partial charge in [-0.25, -0.2) is 0 Å². The molecule has 7 atom stereocenters. The fourth-order valence-corrected chi connectivity index (χ4v) is 8.13. The van der Waals surface area contributed by atoms with E-state index in [2.05, 4.69) is 5.32 Å². The van der Waals surface area contributed by atoms with Crippen molar-refractivity contribution in [2.24, 2.45) is 11.3 Å². The molecule has 0 spiro atoms.